The molecule has 0 aromatic heterocycles. The van der Waals surface area contributed by atoms with Gasteiger partial charge in [-0.1, -0.05) is 56.3 Å². The van der Waals surface area contributed by atoms with Gasteiger partial charge >= 0.3 is 0 Å². The predicted octanol–water partition coefficient (Wildman–Crippen LogP) is 3.92. The zero-order valence-electron chi connectivity index (χ0n) is 24.4. The molecule has 0 saturated heterocycles. The number of nitrogens with zero attached hydrogens (tertiary/aromatic N) is 3. The Labute approximate surface area is 250 Å². The van der Waals surface area contributed by atoms with Crippen LogP contribution in [0.2, 0.25) is 0 Å². The Balaban J connectivity index is 2.11. The minimum absolute atomic E-state index is 0.00979. The SMILES string of the molecule is COc1ccc([N+](=O)[O-])cc1N(CC(=O)N(Cc1ccc(F)cc1)[C@@H](Cc1ccccc1)C(=O)NCC(C)C)S(C)(=O)=O. The number of benzene rings is 3. The van der Waals surface area contributed by atoms with Crippen molar-refractivity contribution in [3.63, 3.8) is 0 Å². The molecule has 0 radical (unpaired) electrons. The number of anilines is 1. The van der Waals surface area contributed by atoms with Crippen LogP contribution in [0.15, 0.2) is 72.8 Å². The highest BCUT2D eigenvalue weighted by Crippen LogP contribution is 2.34. The van der Waals surface area contributed by atoms with Crippen molar-refractivity contribution in [2.75, 3.05) is 30.8 Å². The van der Waals surface area contributed by atoms with E-state index >= 15 is 0 Å². The van der Waals surface area contributed by atoms with E-state index in [0.29, 0.717) is 16.4 Å². The Bertz CT molecular complexity index is 1530. The molecule has 3 rings (SSSR count). The third-order valence-electron chi connectivity index (χ3n) is 6.54. The second-order valence-electron chi connectivity index (χ2n) is 10.4. The van der Waals surface area contributed by atoms with Gasteiger partial charge in [-0.2, -0.15) is 0 Å². The van der Waals surface area contributed by atoms with Crippen LogP contribution in [0.5, 0.6) is 5.75 Å². The Morgan fingerprint density at radius 2 is 1.67 bits per heavy atom. The number of methoxy groups -OCH3 is 1. The summed E-state index contributed by atoms with van der Waals surface area (Å²) in [5.74, 6) is -1.59. The standard InChI is InChI=1S/C30H35FN4O7S/c1-21(2)18-32-30(37)27(16-22-8-6-5-7-9-22)33(19-23-10-12-24(31)13-11-23)29(36)20-34(43(4,40)41)26-17-25(35(38)39)14-15-28(26)42-3/h5-15,17,21,27H,16,18-20H2,1-4H3,(H,32,37)/t27-/m0/s1. The summed E-state index contributed by atoms with van der Waals surface area (Å²) in [5.41, 5.74) is 0.640. The largest absolute Gasteiger partial charge is 0.495 e. The summed E-state index contributed by atoms with van der Waals surface area (Å²) in [6.07, 6.45) is 0.969. The van der Waals surface area contributed by atoms with Gasteiger partial charge in [-0.25, -0.2) is 12.8 Å². The Morgan fingerprint density at radius 3 is 2.23 bits per heavy atom. The molecule has 0 aliphatic carbocycles. The highest BCUT2D eigenvalue weighted by Gasteiger charge is 2.34. The van der Waals surface area contributed by atoms with Gasteiger partial charge in [0, 0.05) is 31.6 Å². The van der Waals surface area contributed by atoms with Gasteiger partial charge in [-0.15, -0.1) is 0 Å². The number of carbonyl (C=O) groups excluding carboxylic acids is 2. The van der Waals surface area contributed by atoms with Gasteiger partial charge in [-0.3, -0.25) is 24.0 Å². The number of ether oxygens (including phenoxy) is 1. The van der Waals surface area contributed by atoms with E-state index in [1.807, 2.05) is 19.9 Å². The molecular weight excluding hydrogens is 579 g/mol. The number of sulfonamides is 1. The molecule has 230 valence electrons. The van der Waals surface area contributed by atoms with Crippen LogP contribution in [0.25, 0.3) is 0 Å². The lowest BCUT2D eigenvalue weighted by Gasteiger charge is -2.33. The molecule has 0 spiro atoms. The molecule has 0 unspecified atom stereocenters. The minimum Gasteiger partial charge on any atom is -0.495 e. The van der Waals surface area contributed by atoms with Crippen molar-refractivity contribution in [2.24, 2.45) is 5.92 Å². The third kappa shape index (κ3) is 9.23. The maximum absolute atomic E-state index is 14.1. The average Bonchev–Trinajstić information content (AvgIpc) is 2.96. The summed E-state index contributed by atoms with van der Waals surface area (Å²) in [6, 6.07) is 16.7. The van der Waals surface area contributed by atoms with Gasteiger partial charge in [-0.05, 0) is 35.2 Å². The number of nitrogens with one attached hydrogen (secondary N) is 1. The number of rotatable bonds is 14. The normalized spacial score (nSPS) is 12.0. The molecule has 0 aliphatic rings. The van der Waals surface area contributed by atoms with E-state index in [-0.39, 0.29) is 30.3 Å². The van der Waals surface area contributed by atoms with Gasteiger partial charge in [0.25, 0.3) is 5.69 Å². The van der Waals surface area contributed by atoms with E-state index < -0.39 is 50.9 Å². The molecule has 3 aromatic rings. The molecule has 0 fully saturated rings. The molecule has 1 atom stereocenters. The first kappa shape index (κ1) is 33.0. The van der Waals surface area contributed by atoms with Crippen LogP contribution in [0.4, 0.5) is 15.8 Å². The summed E-state index contributed by atoms with van der Waals surface area (Å²) >= 11 is 0. The van der Waals surface area contributed by atoms with Gasteiger partial charge in [0.05, 0.1) is 18.3 Å². The highest BCUT2D eigenvalue weighted by molar-refractivity contribution is 7.92. The van der Waals surface area contributed by atoms with Crippen molar-refractivity contribution in [3.05, 3.63) is 99.9 Å². The number of non-ortho nitro benzene ring substituents is 1. The van der Waals surface area contributed by atoms with E-state index in [1.165, 1.54) is 42.3 Å². The summed E-state index contributed by atoms with van der Waals surface area (Å²) in [5, 5.41) is 14.3. The Hall–Kier alpha value is -4.52. The molecule has 0 saturated carbocycles. The zero-order chi connectivity index (χ0) is 31.7. The van der Waals surface area contributed by atoms with Gasteiger partial charge < -0.3 is 15.0 Å². The van der Waals surface area contributed by atoms with Crippen molar-refractivity contribution in [1.29, 1.82) is 0 Å². The Morgan fingerprint density at radius 1 is 1.02 bits per heavy atom. The van der Waals surface area contributed by atoms with Crippen LogP contribution in [0.3, 0.4) is 0 Å². The molecular formula is C30H35FN4O7S. The van der Waals surface area contributed by atoms with Gasteiger partial charge in [0.15, 0.2) is 0 Å². The first-order valence-electron chi connectivity index (χ1n) is 13.5. The first-order chi connectivity index (χ1) is 20.3. The third-order valence-corrected chi connectivity index (χ3v) is 7.67. The average molecular weight is 615 g/mol. The monoisotopic (exact) mass is 614 g/mol. The fourth-order valence-corrected chi connectivity index (χ4v) is 5.19. The number of hydrogen-bond acceptors (Lipinski definition) is 7. The van der Waals surface area contributed by atoms with Gasteiger partial charge in [0.2, 0.25) is 21.8 Å². The maximum atomic E-state index is 14.1. The van der Waals surface area contributed by atoms with Crippen LogP contribution in [0.1, 0.15) is 25.0 Å². The fourth-order valence-electron chi connectivity index (χ4n) is 4.34. The van der Waals surface area contributed by atoms with E-state index in [2.05, 4.69) is 5.32 Å². The van der Waals surface area contributed by atoms with Crippen LogP contribution >= 0.6 is 0 Å². The molecule has 11 nitrogen and oxygen atoms in total. The van der Waals surface area contributed by atoms with Crippen molar-refractivity contribution in [3.8, 4) is 5.75 Å². The summed E-state index contributed by atoms with van der Waals surface area (Å²) in [4.78, 5) is 39.8. The molecule has 0 bridgehead atoms. The second kappa shape index (κ2) is 14.6. The zero-order valence-corrected chi connectivity index (χ0v) is 25.2. The molecule has 43 heavy (non-hydrogen) atoms. The summed E-state index contributed by atoms with van der Waals surface area (Å²) in [7, 11) is -2.93. The number of nitro benzene ring substituents is 1. The lowest BCUT2D eigenvalue weighted by molar-refractivity contribution is -0.384. The molecule has 3 aromatic carbocycles. The van der Waals surface area contributed by atoms with Crippen molar-refractivity contribution < 1.29 is 32.1 Å². The first-order valence-corrected chi connectivity index (χ1v) is 15.3. The number of hydrogen-bond donors (Lipinski definition) is 1. The smallest absolute Gasteiger partial charge is 0.271 e. The van der Waals surface area contributed by atoms with Crippen LogP contribution in [0, 0.1) is 21.8 Å². The minimum atomic E-state index is -4.19. The number of nitro groups is 1. The molecule has 0 aliphatic heterocycles. The number of halogens is 1. The summed E-state index contributed by atoms with van der Waals surface area (Å²) < 4.78 is 45.7. The fraction of sp³-hybridized carbons (Fsp3) is 0.333. The van der Waals surface area contributed by atoms with Crippen LogP contribution in [-0.4, -0.2) is 62.6 Å². The molecule has 1 N–H and O–H groups in total. The lowest BCUT2D eigenvalue weighted by Crippen LogP contribution is -2.53. The molecule has 2 amide bonds. The van der Waals surface area contributed by atoms with Gasteiger partial charge in [0.1, 0.15) is 29.8 Å². The highest BCUT2D eigenvalue weighted by atomic mass is 32.2. The van der Waals surface area contributed by atoms with Crippen LogP contribution < -0.4 is 14.4 Å². The van der Waals surface area contributed by atoms with E-state index in [4.69, 9.17) is 4.74 Å². The van der Waals surface area contributed by atoms with Crippen LogP contribution in [-0.2, 0) is 32.6 Å². The quantitative estimate of drug-likeness (QED) is 0.215. The topological polar surface area (TPSA) is 139 Å². The molecule has 0 heterocycles. The number of amides is 2. The molecule has 13 heteroatoms. The van der Waals surface area contributed by atoms with Crippen molar-refractivity contribution >= 4 is 33.2 Å². The predicted molar refractivity (Wildman–Crippen MR) is 161 cm³/mol. The van der Waals surface area contributed by atoms with E-state index in [0.717, 1.165) is 24.0 Å². The summed E-state index contributed by atoms with van der Waals surface area (Å²) in [6.45, 7) is 3.24. The maximum Gasteiger partial charge on any atom is 0.271 e. The van der Waals surface area contributed by atoms with E-state index in [1.54, 1.807) is 24.3 Å². The second-order valence-corrected chi connectivity index (χ2v) is 12.3. The lowest BCUT2D eigenvalue weighted by atomic mass is 10.0. The Kier molecular flexibility index (Phi) is 11.2. The van der Waals surface area contributed by atoms with Crippen molar-refractivity contribution in [1.82, 2.24) is 10.2 Å². The van der Waals surface area contributed by atoms with Crippen molar-refractivity contribution in [2.45, 2.75) is 32.9 Å². The number of carbonyl (C=O) groups is 2. The van der Waals surface area contributed by atoms with E-state index in [9.17, 15) is 32.5 Å².